The van der Waals surface area contributed by atoms with Gasteiger partial charge in [-0.1, -0.05) is 44.4 Å². The molecule has 0 saturated heterocycles. The van der Waals surface area contributed by atoms with E-state index < -0.39 is 0 Å². The van der Waals surface area contributed by atoms with E-state index >= 15 is 0 Å². The highest BCUT2D eigenvalue weighted by Gasteiger charge is 2.20. The first-order valence-corrected chi connectivity index (χ1v) is 5.17. The Bertz CT molecular complexity index is 385. The largest absolute Gasteiger partial charge is 0.0984 e. The molecule has 1 aliphatic rings. The molecule has 0 heteroatoms. The van der Waals surface area contributed by atoms with Gasteiger partial charge in [-0.25, -0.2) is 0 Å². The second-order valence-corrected chi connectivity index (χ2v) is 4.06. The van der Waals surface area contributed by atoms with E-state index in [1.807, 2.05) is 6.08 Å². The molecule has 14 heavy (non-hydrogen) atoms. The maximum absolute atomic E-state index is 4.15. The Morgan fingerprint density at radius 3 is 2.93 bits per heavy atom. The van der Waals surface area contributed by atoms with E-state index in [2.05, 4.69) is 38.3 Å². The Balaban J connectivity index is 2.65. The summed E-state index contributed by atoms with van der Waals surface area (Å²) in [6.07, 6.45) is 4.29. The molecule has 0 bridgehead atoms. The first-order valence-electron chi connectivity index (χ1n) is 5.17. The molecule has 0 spiro atoms. The first-order chi connectivity index (χ1) is 6.74. The van der Waals surface area contributed by atoms with Crippen molar-refractivity contribution in [2.75, 3.05) is 0 Å². The van der Waals surface area contributed by atoms with Gasteiger partial charge >= 0.3 is 0 Å². The van der Waals surface area contributed by atoms with Crippen molar-refractivity contribution in [3.05, 3.63) is 48.0 Å². The van der Waals surface area contributed by atoms with Crippen LogP contribution in [0.15, 0.2) is 31.4 Å². The SMILES string of the molecule is C=Cc1cccc2c1C(=C)CCC2C. The highest BCUT2D eigenvalue weighted by molar-refractivity contribution is 5.76. The van der Waals surface area contributed by atoms with Gasteiger partial charge in [-0.2, -0.15) is 0 Å². The van der Waals surface area contributed by atoms with Gasteiger partial charge < -0.3 is 0 Å². The van der Waals surface area contributed by atoms with Crippen LogP contribution >= 0.6 is 0 Å². The lowest BCUT2D eigenvalue weighted by Gasteiger charge is -2.25. The molecule has 0 N–H and O–H groups in total. The summed E-state index contributed by atoms with van der Waals surface area (Å²) in [7, 11) is 0. The number of allylic oxidation sites excluding steroid dienone is 1. The summed E-state index contributed by atoms with van der Waals surface area (Å²) >= 11 is 0. The van der Waals surface area contributed by atoms with Crippen LogP contribution in [0.4, 0.5) is 0 Å². The minimum Gasteiger partial charge on any atom is -0.0984 e. The van der Waals surface area contributed by atoms with Crippen LogP contribution in [0.25, 0.3) is 11.6 Å². The smallest absolute Gasteiger partial charge is 0.0123 e. The van der Waals surface area contributed by atoms with Crippen LogP contribution < -0.4 is 0 Å². The van der Waals surface area contributed by atoms with Crippen LogP contribution in [0.2, 0.25) is 0 Å². The van der Waals surface area contributed by atoms with E-state index in [0.717, 1.165) is 6.42 Å². The topological polar surface area (TPSA) is 0 Å². The van der Waals surface area contributed by atoms with E-state index in [4.69, 9.17) is 0 Å². The van der Waals surface area contributed by atoms with E-state index in [1.165, 1.54) is 28.7 Å². The Labute approximate surface area is 86.0 Å². The van der Waals surface area contributed by atoms with E-state index in [0.29, 0.717) is 5.92 Å². The van der Waals surface area contributed by atoms with Crippen LogP contribution in [0.1, 0.15) is 42.4 Å². The van der Waals surface area contributed by atoms with Crippen LogP contribution in [-0.4, -0.2) is 0 Å². The van der Waals surface area contributed by atoms with E-state index in [9.17, 15) is 0 Å². The maximum Gasteiger partial charge on any atom is -0.0123 e. The molecule has 0 fully saturated rings. The Morgan fingerprint density at radius 2 is 2.21 bits per heavy atom. The second-order valence-electron chi connectivity index (χ2n) is 4.06. The molecule has 0 saturated carbocycles. The average molecular weight is 184 g/mol. The van der Waals surface area contributed by atoms with Gasteiger partial charge in [0.05, 0.1) is 0 Å². The molecule has 1 unspecified atom stereocenters. The van der Waals surface area contributed by atoms with Crippen molar-refractivity contribution in [1.82, 2.24) is 0 Å². The Morgan fingerprint density at radius 1 is 1.43 bits per heavy atom. The molecule has 0 amide bonds. The Kier molecular flexibility index (Phi) is 2.28. The standard InChI is InChI=1S/C14H16/c1-4-12-6-5-7-13-10(2)8-9-11(3)14(12)13/h4-7,10H,1,3,8-9H2,2H3. The van der Waals surface area contributed by atoms with Gasteiger partial charge in [-0.15, -0.1) is 0 Å². The van der Waals surface area contributed by atoms with Gasteiger partial charge in [0.1, 0.15) is 0 Å². The van der Waals surface area contributed by atoms with Gasteiger partial charge in [-0.05, 0) is 41.0 Å². The lowest BCUT2D eigenvalue weighted by Crippen LogP contribution is -2.07. The number of hydrogen-bond acceptors (Lipinski definition) is 0. The molecule has 0 nitrogen and oxygen atoms in total. The molecule has 2 rings (SSSR count). The monoisotopic (exact) mass is 184 g/mol. The Hall–Kier alpha value is -1.30. The molecule has 1 atom stereocenters. The van der Waals surface area contributed by atoms with Crippen molar-refractivity contribution < 1.29 is 0 Å². The van der Waals surface area contributed by atoms with Crippen molar-refractivity contribution >= 4 is 11.6 Å². The number of rotatable bonds is 1. The van der Waals surface area contributed by atoms with E-state index in [-0.39, 0.29) is 0 Å². The quantitative estimate of drug-likeness (QED) is 0.612. The zero-order chi connectivity index (χ0) is 10.1. The molecular formula is C14H16. The fraction of sp³-hybridized carbons (Fsp3) is 0.286. The van der Waals surface area contributed by atoms with Crippen LogP contribution in [0.3, 0.4) is 0 Å². The third-order valence-corrected chi connectivity index (χ3v) is 3.11. The zero-order valence-corrected chi connectivity index (χ0v) is 8.72. The summed E-state index contributed by atoms with van der Waals surface area (Å²) in [6, 6.07) is 6.46. The molecule has 72 valence electrons. The van der Waals surface area contributed by atoms with E-state index in [1.54, 1.807) is 0 Å². The van der Waals surface area contributed by atoms with Crippen LogP contribution in [-0.2, 0) is 0 Å². The third-order valence-electron chi connectivity index (χ3n) is 3.11. The normalized spacial score (nSPS) is 20.4. The number of fused-ring (bicyclic) bond motifs is 1. The highest BCUT2D eigenvalue weighted by atomic mass is 14.2. The number of benzene rings is 1. The van der Waals surface area contributed by atoms with Crippen molar-refractivity contribution in [2.24, 2.45) is 0 Å². The van der Waals surface area contributed by atoms with Crippen molar-refractivity contribution in [1.29, 1.82) is 0 Å². The van der Waals surface area contributed by atoms with Gasteiger partial charge in [-0.3, -0.25) is 0 Å². The molecule has 1 aromatic rings. The lowest BCUT2D eigenvalue weighted by atomic mass is 9.79. The molecular weight excluding hydrogens is 168 g/mol. The van der Waals surface area contributed by atoms with Crippen molar-refractivity contribution in [3.63, 3.8) is 0 Å². The van der Waals surface area contributed by atoms with Crippen LogP contribution in [0, 0.1) is 0 Å². The van der Waals surface area contributed by atoms with Crippen molar-refractivity contribution in [2.45, 2.75) is 25.7 Å². The summed E-state index contributed by atoms with van der Waals surface area (Å²) in [4.78, 5) is 0. The minimum atomic E-state index is 0.662. The van der Waals surface area contributed by atoms with Gasteiger partial charge in [0, 0.05) is 0 Å². The molecule has 0 heterocycles. The third kappa shape index (κ3) is 1.31. The van der Waals surface area contributed by atoms with Crippen LogP contribution in [0.5, 0.6) is 0 Å². The fourth-order valence-electron chi connectivity index (χ4n) is 2.25. The molecule has 0 radical (unpaired) electrons. The van der Waals surface area contributed by atoms with Gasteiger partial charge in [0.15, 0.2) is 0 Å². The average Bonchev–Trinajstić information content (AvgIpc) is 2.23. The minimum absolute atomic E-state index is 0.662. The van der Waals surface area contributed by atoms with Gasteiger partial charge in [0.25, 0.3) is 0 Å². The highest BCUT2D eigenvalue weighted by Crippen LogP contribution is 2.38. The van der Waals surface area contributed by atoms with Crippen molar-refractivity contribution in [3.8, 4) is 0 Å². The number of hydrogen-bond donors (Lipinski definition) is 0. The molecule has 0 aromatic heterocycles. The predicted molar refractivity (Wildman–Crippen MR) is 63.2 cm³/mol. The molecule has 1 aliphatic carbocycles. The molecule has 1 aromatic carbocycles. The summed E-state index contributed by atoms with van der Waals surface area (Å²) in [5, 5.41) is 0. The maximum atomic E-state index is 4.15. The summed E-state index contributed by atoms with van der Waals surface area (Å²) in [6.45, 7) is 10.3. The summed E-state index contributed by atoms with van der Waals surface area (Å²) in [5.41, 5.74) is 5.30. The molecule has 0 aliphatic heterocycles. The predicted octanol–water partition coefficient (Wildman–Crippen LogP) is 4.24. The lowest BCUT2D eigenvalue weighted by molar-refractivity contribution is 0.675. The summed E-state index contributed by atoms with van der Waals surface area (Å²) in [5.74, 6) is 0.662. The fourth-order valence-corrected chi connectivity index (χ4v) is 2.25. The first kappa shape index (κ1) is 9.26. The van der Waals surface area contributed by atoms with Gasteiger partial charge in [0.2, 0.25) is 0 Å². The second kappa shape index (κ2) is 3.45. The summed E-state index contributed by atoms with van der Waals surface area (Å²) < 4.78 is 0. The zero-order valence-electron chi connectivity index (χ0n) is 8.72.